The van der Waals surface area contributed by atoms with Gasteiger partial charge in [0.2, 0.25) is 0 Å². The summed E-state index contributed by atoms with van der Waals surface area (Å²) >= 11 is 0. The molecular weight excluding hydrogens is 488 g/mol. The molecule has 0 aliphatic carbocycles. The Bertz CT molecular complexity index is 2160. The van der Waals surface area contributed by atoms with Gasteiger partial charge in [0.05, 0.1) is 5.69 Å². The second-order valence-corrected chi connectivity index (χ2v) is 10.1. The highest BCUT2D eigenvalue weighted by atomic mass is 16.3. The molecule has 40 heavy (non-hydrogen) atoms. The van der Waals surface area contributed by atoms with E-state index in [1.807, 2.05) is 12.3 Å². The maximum absolute atomic E-state index is 6.28. The van der Waals surface area contributed by atoms with E-state index in [1.54, 1.807) is 6.20 Å². The molecular formula is C37H24N2O. The Morgan fingerprint density at radius 2 is 1.18 bits per heavy atom. The van der Waals surface area contributed by atoms with Crippen LogP contribution in [0.2, 0.25) is 0 Å². The molecule has 0 radical (unpaired) electrons. The number of hydrogen-bond acceptors (Lipinski definition) is 3. The van der Waals surface area contributed by atoms with Crippen molar-refractivity contribution in [1.82, 2.24) is 4.98 Å². The molecule has 3 heteroatoms. The summed E-state index contributed by atoms with van der Waals surface area (Å²) in [5.41, 5.74) is 7.32. The number of pyridine rings is 1. The van der Waals surface area contributed by atoms with Crippen molar-refractivity contribution in [3.8, 4) is 11.1 Å². The van der Waals surface area contributed by atoms with E-state index >= 15 is 0 Å². The van der Waals surface area contributed by atoms with Crippen molar-refractivity contribution in [2.75, 3.05) is 4.90 Å². The monoisotopic (exact) mass is 512 g/mol. The summed E-state index contributed by atoms with van der Waals surface area (Å²) < 4.78 is 6.28. The standard InChI is InChI=1S/C37H24N2O/c1-2-8-25(9-3-1)26-14-16-28(17-15-26)39(29-18-19-33-34-24-38-21-20-36(34)40-37(33)23-29)35-22-27-10-4-5-11-30(27)31-12-6-7-13-32(31)35/h1-24H. The fraction of sp³-hybridized carbons (Fsp3) is 0. The van der Waals surface area contributed by atoms with Crippen molar-refractivity contribution < 1.29 is 4.42 Å². The first-order valence-corrected chi connectivity index (χ1v) is 13.5. The molecule has 0 atom stereocenters. The summed E-state index contributed by atoms with van der Waals surface area (Å²) in [5, 5.41) is 6.98. The number of hydrogen-bond donors (Lipinski definition) is 0. The van der Waals surface area contributed by atoms with Crippen LogP contribution in [0.5, 0.6) is 0 Å². The van der Waals surface area contributed by atoms with Crippen LogP contribution in [-0.4, -0.2) is 4.98 Å². The normalized spacial score (nSPS) is 11.5. The first-order valence-electron chi connectivity index (χ1n) is 13.5. The molecule has 8 rings (SSSR count). The average molecular weight is 513 g/mol. The second-order valence-electron chi connectivity index (χ2n) is 10.1. The Hall–Kier alpha value is -5.41. The molecule has 188 valence electrons. The van der Waals surface area contributed by atoms with Gasteiger partial charge in [-0.15, -0.1) is 0 Å². The van der Waals surface area contributed by atoms with Crippen molar-refractivity contribution in [2.45, 2.75) is 0 Å². The van der Waals surface area contributed by atoms with Crippen LogP contribution < -0.4 is 4.90 Å². The molecule has 0 amide bonds. The fourth-order valence-electron chi connectivity index (χ4n) is 5.83. The summed E-state index contributed by atoms with van der Waals surface area (Å²) in [6.07, 6.45) is 3.64. The van der Waals surface area contributed by atoms with Gasteiger partial charge in [0.25, 0.3) is 0 Å². The van der Waals surface area contributed by atoms with Gasteiger partial charge < -0.3 is 9.32 Å². The molecule has 0 saturated heterocycles. The Labute approximate surface area is 231 Å². The zero-order valence-electron chi connectivity index (χ0n) is 21.7. The van der Waals surface area contributed by atoms with Crippen LogP contribution in [-0.2, 0) is 0 Å². The molecule has 0 aliphatic rings. The largest absolute Gasteiger partial charge is 0.456 e. The number of furan rings is 1. The summed E-state index contributed by atoms with van der Waals surface area (Å²) in [7, 11) is 0. The van der Waals surface area contributed by atoms with E-state index in [0.717, 1.165) is 39.0 Å². The van der Waals surface area contributed by atoms with Gasteiger partial charge in [0.15, 0.2) is 0 Å². The molecule has 2 heterocycles. The Morgan fingerprint density at radius 3 is 2.02 bits per heavy atom. The maximum Gasteiger partial charge on any atom is 0.138 e. The second kappa shape index (κ2) is 9.11. The molecule has 6 aromatic carbocycles. The van der Waals surface area contributed by atoms with Crippen LogP contribution in [0.3, 0.4) is 0 Å². The van der Waals surface area contributed by atoms with Gasteiger partial charge >= 0.3 is 0 Å². The van der Waals surface area contributed by atoms with Gasteiger partial charge in [-0.1, -0.05) is 91.0 Å². The molecule has 0 unspecified atom stereocenters. The van der Waals surface area contributed by atoms with Crippen molar-refractivity contribution >= 4 is 60.5 Å². The minimum absolute atomic E-state index is 0.844. The average Bonchev–Trinajstić information content (AvgIpc) is 3.40. The number of nitrogens with zero attached hydrogens (tertiary/aromatic N) is 2. The molecule has 8 aromatic rings. The van der Waals surface area contributed by atoms with Gasteiger partial charge in [-0.25, -0.2) is 0 Å². The highest BCUT2D eigenvalue weighted by Crippen LogP contribution is 2.43. The first kappa shape index (κ1) is 22.6. The predicted octanol–water partition coefficient (Wildman–Crippen LogP) is 10.4. The summed E-state index contributed by atoms with van der Waals surface area (Å²) in [4.78, 5) is 6.66. The molecule has 0 saturated carbocycles. The van der Waals surface area contributed by atoms with Crippen LogP contribution in [0.25, 0.3) is 54.6 Å². The molecule has 0 bridgehead atoms. The van der Waals surface area contributed by atoms with Crippen LogP contribution in [0.4, 0.5) is 17.1 Å². The van der Waals surface area contributed by atoms with Crippen LogP contribution in [0.1, 0.15) is 0 Å². The summed E-state index contributed by atoms with van der Waals surface area (Å²) in [6, 6.07) is 47.3. The quantitative estimate of drug-likeness (QED) is 0.220. The van der Waals surface area contributed by atoms with Gasteiger partial charge in [-0.3, -0.25) is 4.98 Å². The highest BCUT2D eigenvalue weighted by Gasteiger charge is 2.19. The van der Waals surface area contributed by atoms with E-state index in [2.05, 4.69) is 137 Å². The van der Waals surface area contributed by atoms with Gasteiger partial charge in [0, 0.05) is 46.0 Å². The zero-order chi connectivity index (χ0) is 26.5. The lowest BCUT2D eigenvalue weighted by atomic mass is 9.98. The molecule has 3 nitrogen and oxygen atoms in total. The van der Waals surface area contributed by atoms with Crippen molar-refractivity contribution in [2.24, 2.45) is 0 Å². The maximum atomic E-state index is 6.28. The Kier molecular flexibility index (Phi) is 5.14. The van der Waals surface area contributed by atoms with E-state index in [9.17, 15) is 0 Å². The number of aromatic nitrogens is 1. The van der Waals surface area contributed by atoms with Crippen molar-refractivity contribution in [1.29, 1.82) is 0 Å². The van der Waals surface area contributed by atoms with Gasteiger partial charge in [-0.05, 0) is 63.7 Å². The SMILES string of the molecule is c1ccc(-c2ccc(N(c3ccc4c(c3)oc3ccncc34)c3cc4ccccc4c4ccccc34)cc2)cc1. The van der Waals surface area contributed by atoms with Crippen LogP contribution in [0, 0.1) is 0 Å². The number of benzene rings is 6. The van der Waals surface area contributed by atoms with Gasteiger partial charge in [0.1, 0.15) is 11.2 Å². The summed E-state index contributed by atoms with van der Waals surface area (Å²) in [6.45, 7) is 0. The van der Waals surface area contributed by atoms with E-state index in [0.29, 0.717) is 0 Å². The van der Waals surface area contributed by atoms with E-state index in [4.69, 9.17) is 4.42 Å². The van der Waals surface area contributed by atoms with Gasteiger partial charge in [-0.2, -0.15) is 0 Å². The third kappa shape index (κ3) is 3.63. The highest BCUT2D eigenvalue weighted by molar-refractivity contribution is 6.15. The lowest BCUT2D eigenvalue weighted by Gasteiger charge is -2.27. The topological polar surface area (TPSA) is 29.3 Å². The smallest absolute Gasteiger partial charge is 0.138 e. The van der Waals surface area contributed by atoms with Crippen LogP contribution in [0.15, 0.2) is 150 Å². The molecule has 0 aliphatic heterocycles. The summed E-state index contributed by atoms with van der Waals surface area (Å²) in [5.74, 6) is 0. The third-order valence-corrected chi connectivity index (χ3v) is 7.73. The number of anilines is 3. The number of rotatable bonds is 4. The predicted molar refractivity (Wildman–Crippen MR) is 167 cm³/mol. The Morgan fingerprint density at radius 1 is 0.475 bits per heavy atom. The number of fused-ring (bicyclic) bond motifs is 6. The molecule has 2 aromatic heterocycles. The fourth-order valence-corrected chi connectivity index (χ4v) is 5.83. The lowest BCUT2D eigenvalue weighted by molar-refractivity contribution is 0.668. The van der Waals surface area contributed by atoms with E-state index in [1.165, 1.54) is 32.7 Å². The van der Waals surface area contributed by atoms with E-state index in [-0.39, 0.29) is 0 Å². The Balaban J connectivity index is 1.38. The zero-order valence-corrected chi connectivity index (χ0v) is 21.7. The third-order valence-electron chi connectivity index (χ3n) is 7.73. The van der Waals surface area contributed by atoms with E-state index < -0.39 is 0 Å². The lowest BCUT2D eigenvalue weighted by Crippen LogP contribution is -2.10. The minimum atomic E-state index is 0.844. The minimum Gasteiger partial charge on any atom is -0.456 e. The molecule has 0 N–H and O–H groups in total. The van der Waals surface area contributed by atoms with Crippen molar-refractivity contribution in [3.05, 3.63) is 146 Å². The molecule has 0 spiro atoms. The van der Waals surface area contributed by atoms with Crippen molar-refractivity contribution in [3.63, 3.8) is 0 Å². The van der Waals surface area contributed by atoms with Crippen LogP contribution >= 0.6 is 0 Å². The first-order chi connectivity index (χ1) is 19.8. The molecule has 0 fully saturated rings.